The van der Waals surface area contributed by atoms with Crippen LogP contribution in [0.4, 0.5) is 18.3 Å². The van der Waals surface area contributed by atoms with Gasteiger partial charge >= 0.3 is 6.18 Å². The topological polar surface area (TPSA) is 28.2 Å². The number of hydrogen-bond donors (Lipinski definition) is 1. The summed E-state index contributed by atoms with van der Waals surface area (Å²) < 4.78 is 37.5. The molecule has 0 atom stereocenters. The van der Waals surface area contributed by atoms with Crippen molar-refractivity contribution in [2.75, 3.05) is 18.0 Å². The maximum Gasteiger partial charge on any atom is 0.406 e. The summed E-state index contributed by atoms with van der Waals surface area (Å²) in [5.41, 5.74) is 0.789. The van der Waals surface area contributed by atoms with Crippen LogP contribution in [0.5, 0.6) is 0 Å². The molecule has 0 saturated carbocycles. The zero-order valence-corrected chi connectivity index (χ0v) is 12.2. The molecule has 0 unspecified atom stereocenters. The molecule has 7 heteroatoms. The Hall–Kier alpha value is -0.820. The smallest absolute Gasteiger partial charge is 0.339 e. The van der Waals surface area contributed by atoms with Crippen LogP contribution in [0.1, 0.15) is 32.9 Å². The molecular formula is C12H20F3N3S. The van der Waals surface area contributed by atoms with Crippen molar-refractivity contribution in [1.82, 2.24) is 10.3 Å². The third kappa shape index (κ3) is 6.24. The summed E-state index contributed by atoms with van der Waals surface area (Å²) in [6.07, 6.45) is -3.54. The summed E-state index contributed by atoms with van der Waals surface area (Å²) >= 11 is 1.26. The second kappa shape index (κ2) is 7.09. The van der Waals surface area contributed by atoms with Crippen molar-refractivity contribution in [1.29, 1.82) is 0 Å². The molecule has 0 amide bonds. The number of nitrogens with zero attached hydrogens (tertiary/aromatic N) is 2. The van der Waals surface area contributed by atoms with E-state index >= 15 is 0 Å². The minimum atomic E-state index is -4.20. The van der Waals surface area contributed by atoms with Crippen LogP contribution in [-0.4, -0.2) is 30.3 Å². The zero-order chi connectivity index (χ0) is 14.5. The van der Waals surface area contributed by atoms with Crippen molar-refractivity contribution in [2.45, 2.75) is 46.0 Å². The Bertz CT molecular complexity index is 377. The summed E-state index contributed by atoms with van der Waals surface area (Å²) in [5.74, 6) is 0. The lowest BCUT2D eigenvalue weighted by Crippen LogP contribution is -2.34. The molecule has 1 heterocycles. The molecule has 0 aromatic carbocycles. The molecule has 0 saturated heterocycles. The second-order valence-corrected chi connectivity index (χ2v) is 5.53. The SMILES string of the molecule is CCCN(CC(F)(F)F)c1nc(CNC(C)C)cs1. The highest BCUT2D eigenvalue weighted by Gasteiger charge is 2.31. The van der Waals surface area contributed by atoms with Gasteiger partial charge in [0, 0.05) is 24.5 Å². The Morgan fingerprint density at radius 3 is 2.63 bits per heavy atom. The minimum absolute atomic E-state index is 0.326. The van der Waals surface area contributed by atoms with E-state index in [1.165, 1.54) is 16.2 Å². The van der Waals surface area contributed by atoms with E-state index in [1.807, 2.05) is 26.2 Å². The predicted molar refractivity (Wildman–Crippen MR) is 72.6 cm³/mol. The number of rotatable bonds is 7. The summed E-state index contributed by atoms with van der Waals surface area (Å²) in [7, 11) is 0. The molecule has 0 aliphatic rings. The van der Waals surface area contributed by atoms with Gasteiger partial charge in [0.1, 0.15) is 6.54 Å². The number of nitrogens with one attached hydrogen (secondary N) is 1. The lowest BCUT2D eigenvalue weighted by atomic mass is 10.4. The van der Waals surface area contributed by atoms with Gasteiger partial charge < -0.3 is 10.2 Å². The largest absolute Gasteiger partial charge is 0.406 e. The van der Waals surface area contributed by atoms with Crippen molar-refractivity contribution < 1.29 is 13.2 Å². The highest BCUT2D eigenvalue weighted by atomic mass is 32.1. The lowest BCUT2D eigenvalue weighted by Gasteiger charge is -2.22. The molecule has 0 aliphatic heterocycles. The van der Waals surface area contributed by atoms with Crippen LogP contribution in [0.25, 0.3) is 0 Å². The summed E-state index contributed by atoms with van der Waals surface area (Å²) in [6, 6.07) is 0.326. The van der Waals surface area contributed by atoms with Gasteiger partial charge in [-0.25, -0.2) is 4.98 Å². The van der Waals surface area contributed by atoms with Gasteiger partial charge in [0.2, 0.25) is 0 Å². The molecule has 19 heavy (non-hydrogen) atoms. The van der Waals surface area contributed by atoms with Crippen LogP contribution in [0.15, 0.2) is 5.38 Å². The van der Waals surface area contributed by atoms with E-state index in [0.29, 0.717) is 30.7 Å². The Morgan fingerprint density at radius 1 is 1.42 bits per heavy atom. The van der Waals surface area contributed by atoms with E-state index in [2.05, 4.69) is 10.3 Å². The van der Waals surface area contributed by atoms with Gasteiger partial charge in [0.05, 0.1) is 5.69 Å². The van der Waals surface area contributed by atoms with Gasteiger partial charge in [-0.05, 0) is 6.42 Å². The fourth-order valence-corrected chi connectivity index (χ4v) is 2.41. The first-order valence-corrected chi connectivity index (χ1v) is 7.19. The molecule has 0 fully saturated rings. The second-order valence-electron chi connectivity index (χ2n) is 4.69. The van der Waals surface area contributed by atoms with E-state index < -0.39 is 12.7 Å². The van der Waals surface area contributed by atoms with Gasteiger partial charge in [0.15, 0.2) is 5.13 Å². The van der Waals surface area contributed by atoms with E-state index in [-0.39, 0.29) is 0 Å². The predicted octanol–water partition coefficient (Wildman–Crippen LogP) is 3.42. The fourth-order valence-electron chi connectivity index (χ4n) is 1.56. The molecular weight excluding hydrogens is 275 g/mol. The van der Waals surface area contributed by atoms with Crippen molar-refractivity contribution in [3.8, 4) is 0 Å². The highest BCUT2D eigenvalue weighted by molar-refractivity contribution is 7.13. The molecule has 0 radical (unpaired) electrons. The first-order valence-electron chi connectivity index (χ1n) is 6.31. The first kappa shape index (κ1) is 16.2. The van der Waals surface area contributed by atoms with Crippen molar-refractivity contribution >= 4 is 16.5 Å². The molecule has 3 nitrogen and oxygen atoms in total. The standard InChI is InChI=1S/C12H20F3N3S/c1-4-5-18(8-12(13,14)15)11-17-10(7-19-11)6-16-9(2)3/h7,9,16H,4-6,8H2,1-3H3. The summed E-state index contributed by atoms with van der Waals surface area (Å²) in [4.78, 5) is 5.56. The van der Waals surface area contributed by atoms with Crippen LogP contribution in [0.2, 0.25) is 0 Å². The average molecular weight is 295 g/mol. The van der Waals surface area contributed by atoms with Crippen LogP contribution in [0, 0.1) is 0 Å². The van der Waals surface area contributed by atoms with E-state index in [4.69, 9.17) is 0 Å². The van der Waals surface area contributed by atoms with Crippen LogP contribution < -0.4 is 10.2 Å². The highest BCUT2D eigenvalue weighted by Crippen LogP contribution is 2.25. The quantitative estimate of drug-likeness (QED) is 0.835. The third-order valence-corrected chi connectivity index (χ3v) is 3.32. The number of aromatic nitrogens is 1. The van der Waals surface area contributed by atoms with Crippen molar-refractivity contribution in [3.05, 3.63) is 11.1 Å². The maximum atomic E-state index is 12.5. The molecule has 1 aromatic heterocycles. The number of hydrogen-bond acceptors (Lipinski definition) is 4. The number of alkyl halides is 3. The van der Waals surface area contributed by atoms with E-state index in [9.17, 15) is 13.2 Å². The van der Waals surface area contributed by atoms with Crippen LogP contribution in [0.3, 0.4) is 0 Å². The Balaban J connectivity index is 2.69. The van der Waals surface area contributed by atoms with Gasteiger partial charge in [-0.1, -0.05) is 20.8 Å². The van der Waals surface area contributed by atoms with Gasteiger partial charge in [-0.2, -0.15) is 13.2 Å². The molecule has 1 aromatic rings. The zero-order valence-electron chi connectivity index (χ0n) is 11.4. The molecule has 0 bridgehead atoms. The molecule has 0 aliphatic carbocycles. The Morgan fingerprint density at radius 2 is 2.11 bits per heavy atom. The van der Waals surface area contributed by atoms with E-state index in [1.54, 1.807) is 0 Å². The monoisotopic (exact) mass is 295 g/mol. The first-order chi connectivity index (χ1) is 8.81. The van der Waals surface area contributed by atoms with Gasteiger partial charge in [-0.15, -0.1) is 11.3 Å². The summed E-state index contributed by atoms with van der Waals surface area (Å²) in [5, 5.41) is 5.45. The summed E-state index contributed by atoms with van der Waals surface area (Å²) in [6.45, 7) is 5.90. The fraction of sp³-hybridized carbons (Fsp3) is 0.750. The number of halogens is 3. The van der Waals surface area contributed by atoms with Crippen LogP contribution in [-0.2, 0) is 6.54 Å². The van der Waals surface area contributed by atoms with Crippen molar-refractivity contribution in [3.63, 3.8) is 0 Å². The van der Waals surface area contributed by atoms with Gasteiger partial charge in [0.25, 0.3) is 0 Å². The Kier molecular flexibility index (Phi) is 6.06. The molecule has 1 rings (SSSR count). The van der Waals surface area contributed by atoms with Crippen LogP contribution >= 0.6 is 11.3 Å². The number of anilines is 1. The normalized spacial score (nSPS) is 12.2. The van der Waals surface area contributed by atoms with Crippen molar-refractivity contribution in [2.24, 2.45) is 0 Å². The lowest BCUT2D eigenvalue weighted by molar-refractivity contribution is -0.119. The van der Waals surface area contributed by atoms with Gasteiger partial charge in [-0.3, -0.25) is 0 Å². The van der Waals surface area contributed by atoms with E-state index in [0.717, 1.165) is 5.69 Å². The Labute approximate surface area is 115 Å². The third-order valence-electron chi connectivity index (χ3n) is 2.37. The maximum absolute atomic E-state index is 12.5. The average Bonchev–Trinajstić information content (AvgIpc) is 2.72. The minimum Gasteiger partial charge on any atom is -0.339 e. The molecule has 110 valence electrons. The molecule has 1 N–H and O–H groups in total. The molecule has 0 spiro atoms. The number of thiazole rings is 1.